The van der Waals surface area contributed by atoms with Crippen molar-refractivity contribution in [2.24, 2.45) is 0 Å². The van der Waals surface area contributed by atoms with Crippen LogP contribution in [0.3, 0.4) is 0 Å². The first-order valence-electron chi connectivity index (χ1n) is 11.6. The SMILES string of the molecule is C1=Cc2cc3ccc(cc4nc(cc5ccc(cc1n2)[nH]5)C=C4)[nH]3.[V].c1ccc(-c2ccccn2)nc1. The molecule has 1 radical (unpaired) electrons. The van der Waals surface area contributed by atoms with E-state index in [9.17, 15) is 0 Å². The molecule has 0 aliphatic carbocycles. The van der Waals surface area contributed by atoms with Gasteiger partial charge in [0.15, 0.2) is 0 Å². The molecule has 0 amide bonds. The Morgan fingerprint density at radius 3 is 1.08 bits per heavy atom. The molecule has 0 aromatic carbocycles. The average Bonchev–Trinajstić information content (AvgIpc) is 3.72. The van der Waals surface area contributed by atoms with E-state index in [0.29, 0.717) is 0 Å². The summed E-state index contributed by atoms with van der Waals surface area (Å²) < 4.78 is 0. The van der Waals surface area contributed by atoms with Crippen molar-refractivity contribution in [1.29, 1.82) is 0 Å². The third-order valence-electron chi connectivity index (χ3n) is 5.63. The van der Waals surface area contributed by atoms with E-state index in [1.807, 2.05) is 85.0 Å². The van der Waals surface area contributed by atoms with Crippen LogP contribution in [0.1, 0.15) is 22.8 Å². The van der Waals surface area contributed by atoms with Crippen LogP contribution >= 0.6 is 0 Å². The van der Waals surface area contributed by atoms with Crippen molar-refractivity contribution in [3.63, 3.8) is 0 Å². The Balaban J connectivity index is 0.000000183. The van der Waals surface area contributed by atoms with Gasteiger partial charge in [0.05, 0.1) is 34.2 Å². The quantitative estimate of drug-likeness (QED) is 0.251. The second kappa shape index (κ2) is 11.0. The van der Waals surface area contributed by atoms with Crippen LogP contribution in [0.25, 0.3) is 57.8 Å². The number of rotatable bonds is 1. The zero-order chi connectivity index (χ0) is 24.2. The number of aromatic amines is 2. The summed E-state index contributed by atoms with van der Waals surface area (Å²) >= 11 is 0. The Hall–Kier alpha value is -4.52. The van der Waals surface area contributed by atoms with Crippen LogP contribution in [0.5, 0.6) is 0 Å². The normalized spacial score (nSPS) is 11.4. The van der Waals surface area contributed by atoms with Gasteiger partial charge in [-0.1, -0.05) is 12.1 Å². The van der Waals surface area contributed by atoms with Gasteiger partial charge < -0.3 is 9.97 Å². The van der Waals surface area contributed by atoms with Gasteiger partial charge in [0.25, 0.3) is 0 Å². The summed E-state index contributed by atoms with van der Waals surface area (Å²) in [5.74, 6) is 0. The summed E-state index contributed by atoms with van der Waals surface area (Å²) in [4.78, 5) is 24.4. The van der Waals surface area contributed by atoms with Gasteiger partial charge in [-0.2, -0.15) is 0 Å². The molecule has 0 fully saturated rings. The van der Waals surface area contributed by atoms with Gasteiger partial charge >= 0.3 is 0 Å². The molecule has 0 spiro atoms. The first-order chi connectivity index (χ1) is 17.8. The minimum atomic E-state index is 0. The number of hydrogen-bond donors (Lipinski definition) is 2. The second-order valence-electron chi connectivity index (χ2n) is 8.34. The van der Waals surface area contributed by atoms with Gasteiger partial charge in [-0.25, -0.2) is 9.97 Å². The van der Waals surface area contributed by atoms with Gasteiger partial charge in [-0.15, -0.1) is 0 Å². The molecule has 5 aromatic heterocycles. The van der Waals surface area contributed by atoms with Crippen molar-refractivity contribution in [1.82, 2.24) is 29.9 Å². The van der Waals surface area contributed by atoms with Crippen LogP contribution in [0.4, 0.5) is 0 Å². The molecule has 6 nitrogen and oxygen atoms in total. The van der Waals surface area contributed by atoms with Crippen molar-refractivity contribution in [3.05, 3.63) is 120 Å². The van der Waals surface area contributed by atoms with Crippen molar-refractivity contribution in [3.8, 4) is 11.4 Å². The molecular formula is C30H22N6V. The monoisotopic (exact) mass is 517 g/mol. The molecule has 177 valence electrons. The fourth-order valence-electron chi connectivity index (χ4n) is 3.97. The van der Waals surface area contributed by atoms with E-state index in [2.05, 4.69) is 54.2 Å². The maximum Gasteiger partial charge on any atom is 0.0886 e. The number of aromatic nitrogens is 6. The summed E-state index contributed by atoms with van der Waals surface area (Å²) in [7, 11) is 0. The van der Waals surface area contributed by atoms with Crippen molar-refractivity contribution in [2.75, 3.05) is 0 Å². The fourth-order valence-corrected chi connectivity index (χ4v) is 3.97. The van der Waals surface area contributed by atoms with Crippen LogP contribution in [0, 0.1) is 0 Å². The summed E-state index contributed by atoms with van der Waals surface area (Å²) in [6, 6.07) is 28.0. The van der Waals surface area contributed by atoms with E-state index in [0.717, 1.165) is 56.2 Å². The van der Waals surface area contributed by atoms with Crippen LogP contribution < -0.4 is 0 Å². The van der Waals surface area contributed by atoms with Crippen LogP contribution in [-0.4, -0.2) is 29.9 Å². The molecule has 2 aliphatic rings. The molecule has 7 heterocycles. The van der Waals surface area contributed by atoms with E-state index in [1.54, 1.807) is 12.4 Å². The molecule has 0 unspecified atom stereocenters. The third kappa shape index (κ3) is 6.01. The molecule has 7 rings (SSSR count). The number of fused-ring (bicyclic) bond motifs is 8. The summed E-state index contributed by atoms with van der Waals surface area (Å²) in [5.41, 5.74) is 9.69. The molecule has 37 heavy (non-hydrogen) atoms. The van der Waals surface area contributed by atoms with Crippen LogP contribution in [0.2, 0.25) is 0 Å². The predicted molar refractivity (Wildman–Crippen MR) is 146 cm³/mol. The number of nitrogens with one attached hydrogen (secondary N) is 2. The zero-order valence-corrected chi connectivity index (χ0v) is 21.2. The largest absolute Gasteiger partial charge is 0.355 e. The molecule has 0 saturated heterocycles. The second-order valence-corrected chi connectivity index (χ2v) is 8.34. The minimum absolute atomic E-state index is 0. The Kier molecular flexibility index (Phi) is 7.22. The van der Waals surface area contributed by atoms with Crippen LogP contribution in [-0.2, 0) is 18.6 Å². The van der Waals surface area contributed by atoms with Crippen molar-refractivity contribution < 1.29 is 18.6 Å². The molecule has 8 bridgehead atoms. The predicted octanol–water partition coefficient (Wildman–Crippen LogP) is 6.80. The van der Waals surface area contributed by atoms with Gasteiger partial charge in [0.1, 0.15) is 0 Å². The Morgan fingerprint density at radius 1 is 0.432 bits per heavy atom. The van der Waals surface area contributed by atoms with Crippen molar-refractivity contribution >= 4 is 46.4 Å². The molecule has 5 aromatic rings. The molecule has 7 heteroatoms. The first-order valence-corrected chi connectivity index (χ1v) is 11.6. The first kappa shape index (κ1) is 24.2. The summed E-state index contributed by atoms with van der Waals surface area (Å²) in [6.45, 7) is 0. The van der Waals surface area contributed by atoms with E-state index in [1.165, 1.54) is 0 Å². The molecule has 2 N–H and O–H groups in total. The summed E-state index contributed by atoms with van der Waals surface area (Å²) in [6.07, 6.45) is 11.6. The zero-order valence-electron chi connectivity index (χ0n) is 19.8. The van der Waals surface area contributed by atoms with Gasteiger partial charge in [-0.05, 0) is 97.1 Å². The summed E-state index contributed by atoms with van der Waals surface area (Å²) in [5, 5.41) is 0. The topological polar surface area (TPSA) is 83.1 Å². The minimum Gasteiger partial charge on any atom is -0.355 e. The van der Waals surface area contributed by atoms with Gasteiger partial charge in [0.2, 0.25) is 0 Å². The van der Waals surface area contributed by atoms with E-state index in [4.69, 9.17) is 0 Å². The third-order valence-corrected chi connectivity index (χ3v) is 5.63. The number of nitrogens with zero attached hydrogens (tertiary/aromatic N) is 4. The smallest absolute Gasteiger partial charge is 0.0886 e. The molecule has 2 aliphatic heterocycles. The number of H-pyrrole nitrogens is 2. The van der Waals surface area contributed by atoms with Gasteiger partial charge in [0, 0.05) is 53.0 Å². The molecular weight excluding hydrogens is 495 g/mol. The molecule has 0 saturated carbocycles. The average molecular weight is 517 g/mol. The number of pyridine rings is 2. The Morgan fingerprint density at radius 2 is 0.784 bits per heavy atom. The maximum absolute atomic E-state index is 4.63. The van der Waals surface area contributed by atoms with Crippen molar-refractivity contribution in [2.45, 2.75) is 0 Å². The van der Waals surface area contributed by atoms with E-state index in [-0.39, 0.29) is 18.6 Å². The van der Waals surface area contributed by atoms with Gasteiger partial charge in [-0.3, -0.25) is 9.97 Å². The standard InChI is InChI=1S/C20H14N4.C10H8N2.V/c1-2-14-10-16-5-6-18(23-16)12-20-8-7-19(24-20)11-17-4-3-15(22-17)9-13(1)21-14;1-3-7-11-9(5-1)10-6-2-4-8-12-10;/h1-12,21,24H;1-8H;. The fraction of sp³-hybridized carbons (Fsp3) is 0. The van der Waals surface area contributed by atoms with E-state index >= 15 is 0 Å². The Labute approximate surface area is 225 Å². The molecule has 0 atom stereocenters. The van der Waals surface area contributed by atoms with E-state index < -0.39 is 0 Å². The Bertz CT molecular complexity index is 1520. The number of hydrogen-bond acceptors (Lipinski definition) is 4. The van der Waals surface area contributed by atoms with Crippen LogP contribution in [0.15, 0.2) is 97.3 Å². The maximum atomic E-state index is 4.63.